The van der Waals surface area contributed by atoms with E-state index in [1.165, 1.54) is 0 Å². The monoisotopic (exact) mass is 310 g/mol. The number of nitrogens with one attached hydrogen (secondary N) is 2. The van der Waals surface area contributed by atoms with Crippen LogP contribution in [0, 0.1) is 0 Å². The zero-order valence-electron chi connectivity index (χ0n) is 12.6. The molecule has 1 unspecified atom stereocenters. The number of rotatable bonds is 6. The molecule has 1 amide bonds. The molecule has 21 heavy (non-hydrogen) atoms. The summed E-state index contributed by atoms with van der Waals surface area (Å²) in [6.45, 7) is 4.03. The van der Waals surface area contributed by atoms with E-state index < -0.39 is 15.4 Å². The van der Waals surface area contributed by atoms with Gasteiger partial charge in [-0.1, -0.05) is 19.1 Å². The highest BCUT2D eigenvalue weighted by Gasteiger charge is 2.51. The van der Waals surface area contributed by atoms with Gasteiger partial charge in [-0.3, -0.25) is 9.52 Å². The van der Waals surface area contributed by atoms with Gasteiger partial charge in [0.25, 0.3) is 0 Å². The first-order valence-electron chi connectivity index (χ1n) is 7.16. The lowest BCUT2D eigenvalue weighted by Crippen LogP contribution is -2.39. The number of sulfonamides is 1. The standard InChI is InChI=1S/C15H22N2O3S/c1-4-11(2)16-14(18)15(9-10-15)12-5-7-13(8-6-12)17-21(3,19)20/h5-8,11,17H,4,9-10H2,1-3H3,(H,16,18). The zero-order chi connectivity index (χ0) is 15.7. The van der Waals surface area contributed by atoms with Crippen molar-refractivity contribution in [2.45, 2.75) is 44.6 Å². The predicted octanol–water partition coefficient (Wildman–Crippen LogP) is 2.00. The Kier molecular flexibility index (Phi) is 4.27. The van der Waals surface area contributed by atoms with Crippen LogP contribution in [0.2, 0.25) is 0 Å². The van der Waals surface area contributed by atoms with Gasteiger partial charge in [-0.25, -0.2) is 8.42 Å². The first-order chi connectivity index (χ1) is 9.77. The van der Waals surface area contributed by atoms with E-state index in [9.17, 15) is 13.2 Å². The fraction of sp³-hybridized carbons (Fsp3) is 0.533. The Morgan fingerprint density at radius 1 is 1.29 bits per heavy atom. The van der Waals surface area contributed by atoms with E-state index in [0.29, 0.717) is 5.69 Å². The van der Waals surface area contributed by atoms with Crippen LogP contribution < -0.4 is 10.0 Å². The topological polar surface area (TPSA) is 75.3 Å². The molecular formula is C15H22N2O3S. The molecule has 2 rings (SSSR count). The second-order valence-corrected chi connectivity index (χ2v) is 7.56. The number of anilines is 1. The minimum absolute atomic E-state index is 0.0701. The van der Waals surface area contributed by atoms with E-state index in [2.05, 4.69) is 10.0 Å². The van der Waals surface area contributed by atoms with Gasteiger partial charge in [0.15, 0.2) is 0 Å². The largest absolute Gasteiger partial charge is 0.353 e. The lowest BCUT2D eigenvalue weighted by Gasteiger charge is -2.19. The van der Waals surface area contributed by atoms with Gasteiger partial charge in [0.1, 0.15) is 0 Å². The Morgan fingerprint density at radius 3 is 2.29 bits per heavy atom. The van der Waals surface area contributed by atoms with Crippen LogP contribution >= 0.6 is 0 Å². The lowest BCUT2D eigenvalue weighted by molar-refractivity contribution is -0.124. The SMILES string of the molecule is CCC(C)NC(=O)C1(c2ccc(NS(C)(=O)=O)cc2)CC1. The molecule has 5 nitrogen and oxygen atoms in total. The van der Waals surface area contributed by atoms with E-state index in [1.54, 1.807) is 12.1 Å². The number of benzene rings is 1. The number of hydrogen-bond donors (Lipinski definition) is 2. The van der Waals surface area contributed by atoms with Gasteiger partial charge < -0.3 is 5.32 Å². The van der Waals surface area contributed by atoms with Gasteiger partial charge in [-0.05, 0) is 43.9 Å². The number of carbonyl (C=O) groups is 1. The first-order valence-corrected chi connectivity index (χ1v) is 9.05. The highest BCUT2D eigenvalue weighted by atomic mass is 32.2. The summed E-state index contributed by atoms with van der Waals surface area (Å²) in [6.07, 6.45) is 3.70. The molecule has 1 aliphatic rings. The van der Waals surface area contributed by atoms with Crippen molar-refractivity contribution in [1.82, 2.24) is 5.32 Å². The van der Waals surface area contributed by atoms with Gasteiger partial charge in [-0.2, -0.15) is 0 Å². The molecule has 1 aliphatic carbocycles. The third-order valence-corrected chi connectivity index (χ3v) is 4.52. The minimum Gasteiger partial charge on any atom is -0.353 e. The lowest BCUT2D eigenvalue weighted by atomic mass is 9.94. The van der Waals surface area contributed by atoms with Crippen LogP contribution in [0.15, 0.2) is 24.3 Å². The molecule has 6 heteroatoms. The Bertz CT molecular complexity index is 619. The molecule has 1 aromatic carbocycles. The van der Waals surface area contributed by atoms with Crippen LogP contribution in [0.4, 0.5) is 5.69 Å². The molecular weight excluding hydrogens is 288 g/mol. The fourth-order valence-electron chi connectivity index (χ4n) is 2.31. The molecule has 1 atom stereocenters. The maximum Gasteiger partial charge on any atom is 0.230 e. The molecule has 1 saturated carbocycles. The Hall–Kier alpha value is -1.56. The van der Waals surface area contributed by atoms with E-state index >= 15 is 0 Å². The average molecular weight is 310 g/mol. The summed E-state index contributed by atoms with van der Waals surface area (Å²) in [5, 5.41) is 3.03. The Labute approximate surface area is 126 Å². The summed E-state index contributed by atoms with van der Waals surface area (Å²) in [4.78, 5) is 12.4. The van der Waals surface area contributed by atoms with Crippen molar-refractivity contribution in [3.63, 3.8) is 0 Å². The molecule has 0 heterocycles. The normalized spacial score (nSPS) is 17.9. The van der Waals surface area contributed by atoms with Crippen molar-refractivity contribution in [2.24, 2.45) is 0 Å². The maximum absolute atomic E-state index is 12.4. The number of hydrogen-bond acceptors (Lipinski definition) is 3. The Morgan fingerprint density at radius 2 is 1.86 bits per heavy atom. The summed E-state index contributed by atoms with van der Waals surface area (Å²) in [6, 6.07) is 7.23. The van der Waals surface area contributed by atoms with Crippen LogP contribution in [-0.4, -0.2) is 26.6 Å². The van der Waals surface area contributed by atoms with Gasteiger partial charge in [0.05, 0.1) is 11.7 Å². The molecule has 1 aromatic rings. The Balaban J connectivity index is 2.13. The van der Waals surface area contributed by atoms with Crippen LogP contribution in [0.5, 0.6) is 0 Å². The molecule has 0 aliphatic heterocycles. The van der Waals surface area contributed by atoms with Gasteiger partial charge >= 0.3 is 0 Å². The van der Waals surface area contributed by atoms with E-state index in [1.807, 2.05) is 26.0 Å². The van der Waals surface area contributed by atoms with E-state index in [4.69, 9.17) is 0 Å². The van der Waals surface area contributed by atoms with Crippen molar-refractivity contribution in [3.05, 3.63) is 29.8 Å². The molecule has 2 N–H and O–H groups in total. The second-order valence-electron chi connectivity index (χ2n) is 5.82. The van der Waals surface area contributed by atoms with E-state index in [0.717, 1.165) is 31.1 Å². The summed E-state index contributed by atoms with van der Waals surface area (Å²) < 4.78 is 24.8. The van der Waals surface area contributed by atoms with Crippen LogP contribution in [0.3, 0.4) is 0 Å². The summed E-state index contributed by atoms with van der Waals surface area (Å²) >= 11 is 0. The van der Waals surface area contributed by atoms with Crippen molar-refractivity contribution < 1.29 is 13.2 Å². The van der Waals surface area contributed by atoms with Gasteiger partial charge in [-0.15, -0.1) is 0 Å². The van der Waals surface area contributed by atoms with Crippen molar-refractivity contribution in [3.8, 4) is 0 Å². The van der Waals surface area contributed by atoms with E-state index in [-0.39, 0.29) is 11.9 Å². The molecule has 1 fully saturated rings. The maximum atomic E-state index is 12.4. The summed E-state index contributed by atoms with van der Waals surface area (Å²) in [7, 11) is -3.27. The van der Waals surface area contributed by atoms with Crippen molar-refractivity contribution >= 4 is 21.6 Å². The molecule has 116 valence electrons. The third kappa shape index (κ3) is 3.75. The molecule has 0 aromatic heterocycles. The smallest absolute Gasteiger partial charge is 0.230 e. The fourth-order valence-corrected chi connectivity index (χ4v) is 2.87. The third-order valence-electron chi connectivity index (χ3n) is 3.92. The molecule has 0 spiro atoms. The summed E-state index contributed by atoms with van der Waals surface area (Å²) in [5.41, 5.74) is 1.04. The highest BCUT2D eigenvalue weighted by molar-refractivity contribution is 7.92. The molecule has 0 saturated heterocycles. The van der Waals surface area contributed by atoms with Crippen LogP contribution in [-0.2, 0) is 20.2 Å². The van der Waals surface area contributed by atoms with Crippen molar-refractivity contribution in [2.75, 3.05) is 11.0 Å². The number of amides is 1. The van der Waals surface area contributed by atoms with Crippen LogP contribution in [0.25, 0.3) is 0 Å². The highest BCUT2D eigenvalue weighted by Crippen LogP contribution is 2.48. The summed E-state index contributed by atoms with van der Waals surface area (Å²) in [5.74, 6) is 0.0701. The second kappa shape index (κ2) is 5.67. The average Bonchev–Trinajstić information content (AvgIpc) is 3.19. The number of carbonyl (C=O) groups excluding carboxylic acids is 1. The zero-order valence-corrected chi connectivity index (χ0v) is 13.5. The minimum atomic E-state index is -3.27. The first kappa shape index (κ1) is 15.8. The quantitative estimate of drug-likeness (QED) is 0.844. The van der Waals surface area contributed by atoms with Gasteiger partial charge in [0, 0.05) is 11.7 Å². The molecule has 0 bridgehead atoms. The van der Waals surface area contributed by atoms with Gasteiger partial charge in [0.2, 0.25) is 15.9 Å². The molecule has 0 radical (unpaired) electrons. The van der Waals surface area contributed by atoms with Crippen LogP contribution in [0.1, 0.15) is 38.7 Å². The van der Waals surface area contributed by atoms with Crippen molar-refractivity contribution in [1.29, 1.82) is 0 Å². The predicted molar refractivity (Wildman–Crippen MR) is 83.7 cm³/mol.